The Hall–Kier alpha value is -1.56. The summed E-state index contributed by atoms with van der Waals surface area (Å²) in [5, 5.41) is 13.0. The molecule has 0 heterocycles. The van der Waals surface area contributed by atoms with Crippen molar-refractivity contribution in [1.29, 1.82) is 0 Å². The monoisotopic (exact) mass is 242 g/mol. The van der Waals surface area contributed by atoms with Gasteiger partial charge in [0.15, 0.2) is 0 Å². The van der Waals surface area contributed by atoms with Gasteiger partial charge in [0.1, 0.15) is 5.75 Å². The van der Waals surface area contributed by atoms with E-state index in [2.05, 4.69) is 5.10 Å². The van der Waals surface area contributed by atoms with E-state index in [1.54, 1.807) is 12.1 Å². The molecule has 0 saturated heterocycles. The maximum absolute atomic E-state index is 11.1. The predicted octanol–water partition coefficient (Wildman–Crippen LogP) is 0.974. The summed E-state index contributed by atoms with van der Waals surface area (Å²) in [6, 6.07) is 4.99. The lowest BCUT2D eigenvalue weighted by Gasteiger charge is -2.01. The minimum absolute atomic E-state index is 0.0376. The number of hydrazone groups is 1. The number of rotatable bonds is 4. The van der Waals surface area contributed by atoms with Crippen molar-refractivity contribution in [1.82, 2.24) is 4.83 Å². The lowest BCUT2D eigenvalue weighted by atomic mass is 10.1. The number of phenols is 1. The highest BCUT2D eigenvalue weighted by atomic mass is 32.2. The van der Waals surface area contributed by atoms with Gasteiger partial charge in [0, 0.05) is 5.56 Å². The van der Waals surface area contributed by atoms with Crippen molar-refractivity contribution >= 4 is 16.2 Å². The summed E-state index contributed by atoms with van der Waals surface area (Å²) in [7, 11) is -3.34. The van der Waals surface area contributed by atoms with Crippen LogP contribution in [0.2, 0.25) is 0 Å². The van der Waals surface area contributed by atoms with Gasteiger partial charge in [0.25, 0.3) is 0 Å². The Bertz CT molecular complexity index is 495. The van der Waals surface area contributed by atoms with Crippen LogP contribution in [0.5, 0.6) is 5.75 Å². The number of sulfonamides is 1. The Morgan fingerprint density at radius 2 is 2.19 bits per heavy atom. The quantitative estimate of drug-likeness (QED) is 0.610. The zero-order valence-electron chi connectivity index (χ0n) is 9.14. The van der Waals surface area contributed by atoms with Gasteiger partial charge < -0.3 is 5.11 Å². The number of aryl methyl sites for hydroxylation is 1. The van der Waals surface area contributed by atoms with Crippen LogP contribution in [0.15, 0.2) is 23.3 Å². The second kappa shape index (κ2) is 4.98. The summed E-state index contributed by atoms with van der Waals surface area (Å²) in [6.07, 6.45) is 1.27. The molecule has 0 saturated carbocycles. The minimum atomic E-state index is -3.34. The third-order valence-corrected chi connectivity index (χ3v) is 3.10. The Kier molecular flexibility index (Phi) is 3.89. The van der Waals surface area contributed by atoms with E-state index in [4.69, 9.17) is 0 Å². The van der Waals surface area contributed by atoms with Gasteiger partial charge in [-0.3, -0.25) is 0 Å². The van der Waals surface area contributed by atoms with Gasteiger partial charge in [-0.1, -0.05) is 11.6 Å². The molecule has 0 bridgehead atoms. The van der Waals surface area contributed by atoms with Crippen LogP contribution in [0, 0.1) is 6.92 Å². The first kappa shape index (κ1) is 12.5. The first-order valence-electron chi connectivity index (χ1n) is 4.77. The van der Waals surface area contributed by atoms with Crippen LogP contribution in [0.25, 0.3) is 0 Å². The third-order valence-electron chi connectivity index (χ3n) is 1.96. The first-order chi connectivity index (χ1) is 7.44. The molecule has 0 aliphatic rings. The van der Waals surface area contributed by atoms with Gasteiger partial charge in [-0.05, 0) is 26.0 Å². The Morgan fingerprint density at radius 3 is 2.81 bits per heavy atom. The zero-order valence-corrected chi connectivity index (χ0v) is 9.95. The molecule has 16 heavy (non-hydrogen) atoms. The summed E-state index contributed by atoms with van der Waals surface area (Å²) < 4.78 is 22.1. The van der Waals surface area contributed by atoms with Crippen molar-refractivity contribution in [3.63, 3.8) is 0 Å². The van der Waals surface area contributed by atoms with E-state index in [0.717, 1.165) is 5.56 Å². The van der Waals surface area contributed by atoms with E-state index in [9.17, 15) is 13.5 Å². The normalized spacial score (nSPS) is 11.9. The smallest absolute Gasteiger partial charge is 0.247 e. The fourth-order valence-corrected chi connectivity index (χ4v) is 1.36. The molecule has 0 amide bonds. The number of aromatic hydroxyl groups is 1. The lowest BCUT2D eigenvalue weighted by Crippen LogP contribution is -2.19. The molecule has 0 atom stereocenters. The van der Waals surface area contributed by atoms with Crippen molar-refractivity contribution in [2.24, 2.45) is 5.10 Å². The van der Waals surface area contributed by atoms with Crippen LogP contribution in [0.4, 0.5) is 0 Å². The van der Waals surface area contributed by atoms with E-state index < -0.39 is 10.0 Å². The van der Waals surface area contributed by atoms with Crippen molar-refractivity contribution in [2.75, 3.05) is 5.75 Å². The highest BCUT2D eigenvalue weighted by Gasteiger charge is 2.03. The summed E-state index contributed by atoms with van der Waals surface area (Å²) >= 11 is 0. The Labute approximate surface area is 94.9 Å². The van der Waals surface area contributed by atoms with E-state index in [0.29, 0.717) is 5.56 Å². The minimum Gasteiger partial charge on any atom is -0.507 e. The van der Waals surface area contributed by atoms with E-state index in [1.807, 2.05) is 11.8 Å². The van der Waals surface area contributed by atoms with Gasteiger partial charge in [-0.2, -0.15) is 5.10 Å². The Morgan fingerprint density at radius 1 is 1.50 bits per heavy atom. The number of hydrogen-bond acceptors (Lipinski definition) is 4. The third kappa shape index (κ3) is 3.54. The van der Waals surface area contributed by atoms with Gasteiger partial charge in [0.05, 0.1) is 12.0 Å². The van der Waals surface area contributed by atoms with Crippen LogP contribution in [-0.2, 0) is 10.0 Å². The molecule has 1 aromatic carbocycles. The summed E-state index contributed by atoms with van der Waals surface area (Å²) in [4.78, 5) is 2.03. The number of nitrogens with one attached hydrogen (secondary N) is 1. The topological polar surface area (TPSA) is 78.8 Å². The van der Waals surface area contributed by atoms with E-state index in [1.165, 1.54) is 19.2 Å². The maximum Gasteiger partial charge on any atom is 0.247 e. The van der Waals surface area contributed by atoms with Crippen LogP contribution in [0.1, 0.15) is 18.1 Å². The molecule has 0 fully saturated rings. The van der Waals surface area contributed by atoms with Gasteiger partial charge >= 0.3 is 0 Å². The number of phenolic OH excluding ortho intramolecular Hbond substituents is 1. The van der Waals surface area contributed by atoms with Crippen molar-refractivity contribution in [2.45, 2.75) is 13.8 Å². The molecule has 0 aliphatic carbocycles. The second-order valence-electron chi connectivity index (χ2n) is 3.32. The molecule has 6 heteroatoms. The summed E-state index contributed by atoms with van der Waals surface area (Å²) in [6.45, 7) is 3.38. The zero-order chi connectivity index (χ0) is 12.2. The molecular weight excluding hydrogens is 228 g/mol. The second-order valence-corrected chi connectivity index (χ2v) is 5.30. The van der Waals surface area contributed by atoms with E-state index >= 15 is 0 Å². The average molecular weight is 242 g/mol. The first-order valence-corrected chi connectivity index (χ1v) is 6.42. The Balaban J connectivity index is 2.81. The number of hydrogen-bond donors (Lipinski definition) is 2. The van der Waals surface area contributed by atoms with Crippen LogP contribution in [0.3, 0.4) is 0 Å². The molecule has 88 valence electrons. The molecule has 1 aromatic rings. The van der Waals surface area contributed by atoms with Gasteiger partial charge in [-0.15, -0.1) is 0 Å². The van der Waals surface area contributed by atoms with Gasteiger partial charge in [-0.25, -0.2) is 13.2 Å². The molecule has 1 rings (SSSR count). The lowest BCUT2D eigenvalue weighted by molar-refractivity contribution is 0.474. The summed E-state index contributed by atoms with van der Waals surface area (Å²) in [5.41, 5.74) is 1.43. The predicted molar refractivity (Wildman–Crippen MR) is 63.0 cm³/mol. The highest BCUT2D eigenvalue weighted by molar-refractivity contribution is 7.89. The van der Waals surface area contributed by atoms with Crippen LogP contribution >= 0.6 is 0 Å². The molecule has 0 aromatic heterocycles. The molecule has 0 spiro atoms. The summed E-state index contributed by atoms with van der Waals surface area (Å²) in [5.74, 6) is 0.0227. The van der Waals surface area contributed by atoms with Crippen LogP contribution < -0.4 is 4.83 Å². The van der Waals surface area contributed by atoms with Crippen molar-refractivity contribution in [3.8, 4) is 5.75 Å². The standard InChI is InChI=1S/C10H14N2O3S/c1-3-16(14,15)12-11-7-9-6-8(2)4-5-10(9)13/h4-7,12-13H,3H2,1-2H3. The molecule has 0 aliphatic heterocycles. The largest absolute Gasteiger partial charge is 0.507 e. The fraction of sp³-hybridized carbons (Fsp3) is 0.300. The molecule has 0 radical (unpaired) electrons. The molecule has 2 N–H and O–H groups in total. The average Bonchev–Trinajstić information content (AvgIpc) is 2.23. The SMILES string of the molecule is CCS(=O)(=O)NN=Cc1cc(C)ccc1O. The number of nitrogens with zero attached hydrogens (tertiary/aromatic N) is 1. The van der Waals surface area contributed by atoms with Crippen LogP contribution in [-0.4, -0.2) is 25.5 Å². The van der Waals surface area contributed by atoms with Crippen molar-refractivity contribution in [3.05, 3.63) is 29.3 Å². The maximum atomic E-state index is 11.1. The highest BCUT2D eigenvalue weighted by Crippen LogP contribution is 2.15. The molecule has 0 unspecified atom stereocenters. The molecular formula is C10H14N2O3S. The van der Waals surface area contributed by atoms with Gasteiger partial charge in [0.2, 0.25) is 10.0 Å². The number of benzene rings is 1. The van der Waals surface area contributed by atoms with E-state index in [-0.39, 0.29) is 11.5 Å². The molecule has 5 nitrogen and oxygen atoms in total. The fourth-order valence-electron chi connectivity index (χ4n) is 1.02. The van der Waals surface area contributed by atoms with Crippen molar-refractivity contribution < 1.29 is 13.5 Å².